The van der Waals surface area contributed by atoms with Crippen molar-refractivity contribution in [1.29, 1.82) is 0 Å². The number of hydrogen-bond acceptors (Lipinski definition) is 6. The molecule has 0 aliphatic carbocycles. The first kappa shape index (κ1) is 20.3. The van der Waals surface area contributed by atoms with E-state index in [1.165, 1.54) is 18.0 Å². The second kappa shape index (κ2) is 9.19. The van der Waals surface area contributed by atoms with Crippen LogP contribution in [-0.4, -0.2) is 15.6 Å². The highest BCUT2D eigenvalue weighted by atomic mass is 35.5. The van der Waals surface area contributed by atoms with Crippen molar-refractivity contribution in [2.45, 2.75) is 16.5 Å². The number of thioether (sulfide) groups is 1. The van der Waals surface area contributed by atoms with Crippen LogP contribution in [0.1, 0.15) is 17.2 Å². The number of aliphatic hydroxyl groups excluding tert-OH is 1. The normalized spacial score (nSPS) is 16.6. The molecule has 29 heavy (non-hydrogen) atoms. The highest BCUT2D eigenvalue weighted by Gasteiger charge is 2.20. The molecular weight excluding hydrogens is 429 g/mol. The van der Waals surface area contributed by atoms with Crippen LogP contribution >= 0.6 is 35.3 Å². The van der Waals surface area contributed by atoms with Crippen molar-refractivity contribution < 1.29 is 9.50 Å². The summed E-state index contributed by atoms with van der Waals surface area (Å²) in [4.78, 5) is 4.85. The van der Waals surface area contributed by atoms with Crippen LogP contribution in [-0.2, 0) is 0 Å². The molecule has 2 aromatic carbocycles. The largest absolute Gasteiger partial charge is 0.384 e. The number of hydrogen-bond donors (Lipinski definition) is 3. The van der Waals surface area contributed by atoms with Gasteiger partial charge in [0.1, 0.15) is 17.4 Å². The molecule has 4 rings (SSSR count). The highest BCUT2D eigenvalue weighted by molar-refractivity contribution is 8.04. The lowest BCUT2D eigenvalue weighted by Gasteiger charge is -2.18. The van der Waals surface area contributed by atoms with Crippen LogP contribution in [0.4, 0.5) is 4.39 Å². The molecule has 3 aromatic rings. The zero-order valence-electron chi connectivity index (χ0n) is 15.0. The van der Waals surface area contributed by atoms with E-state index in [0.717, 1.165) is 16.0 Å². The van der Waals surface area contributed by atoms with Crippen molar-refractivity contribution in [3.63, 3.8) is 0 Å². The van der Waals surface area contributed by atoms with Gasteiger partial charge in [-0.2, -0.15) is 0 Å². The lowest BCUT2D eigenvalue weighted by Crippen LogP contribution is -2.28. The van der Waals surface area contributed by atoms with Gasteiger partial charge in [0.05, 0.1) is 0 Å². The number of aliphatic hydroxyl groups is 1. The summed E-state index contributed by atoms with van der Waals surface area (Å²) in [5, 5.41) is 16.6. The first-order valence-corrected chi connectivity index (χ1v) is 10.9. The quantitative estimate of drug-likeness (QED) is 0.447. The van der Waals surface area contributed by atoms with Gasteiger partial charge in [-0.1, -0.05) is 41.6 Å². The molecular formula is C21H17ClFN3OS2. The number of nitrogens with one attached hydrogen (secondary N) is 2. The van der Waals surface area contributed by atoms with E-state index in [4.69, 9.17) is 11.6 Å². The number of benzene rings is 2. The minimum atomic E-state index is -1.13. The number of pyridine rings is 1. The molecule has 4 nitrogen and oxygen atoms in total. The highest BCUT2D eigenvalue weighted by Crippen LogP contribution is 2.35. The fourth-order valence-corrected chi connectivity index (χ4v) is 4.59. The lowest BCUT2D eigenvalue weighted by molar-refractivity contribution is 0.215. The van der Waals surface area contributed by atoms with Crippen molar-refractivity contribution in [2.75, 3.05) is 0 Å². The number of rotatable bonds is 6. The van der Waals surface area contributed by atoms with E-state index < -0.39 is 11.9 Å². The van der Waals surface area contributed by atoms with Crippen molar-refractivity contribution in [3.8, 4) is 11.1 Å². The molecule has 0 spiro atoms. The van der Waals surface area contributed by atoms with E-state index in [2.05, 4.69) is 15.0 Å². The standard InChI is InChI=1S/C21H17ClFN3OS2/c22-14-3-5-16(18(10-14)13-2-1-7-24-12-13)20(27)17-6-4-15(11-19(17)23)29-26-21-25-8-9-28-21/h1-12,20-21,25-27H. The molecule has 0 saturated heterocycles. The number of nitrogens with zero attached hydrogens (tertiary/aromatic N) is 1. The van der Waals surface area contributed by atoms with Crippen LogP contribution in [0.5, 0.6) is 0 Å². The van der Waals surface area contributed by atoms with E-state index in [9.17, 15) is 9.50 Å². The Balaban J connectivity index is 1.59. The van der Waals surface area contributed by atoms with Gasteiger partial charge in [0.2, 0.25) is 0 Å². The molecule has 0 bridgehead atoms. The molecule has 8 heteroatoms. The van der Waals surface area contributed by atoms with Crippen LogP contribution in [0.3, 0.4) is 0 Å². The van der Waals surface area contributed by atoms with Gasteiger partial charge < -0.3 is 10.4 Å². The van der Waals surface area contributed by atoms with Gasteiger partial charge in [0, 0.05) is 39.6 Å². The van der Waals surface area contributed by atoms with Gasteiger partial charge in [-0.15, -0.1) is 0 Å². The molecule has 2 atom stereocenters. The van der Waals surface area contributed by atoms with Crippen LogP contribution < -0.4 is 10.0 Å². The second-order valence-corrected chi connectivity index (χ2v) is 8.63. The van der Waals surface area contributed by atoms with Gasteiger partial charge in [-0.3, -0.25) is 4.98 Å². The number of aromatic nitrogens is 1. The molecule has 1 aromatic heterocycles. The average Bonchev–Trinajstić information content (AvgIpc) is 3.26. The molecule has 0 fully saturated rings. The monoisotopic (exact) mass is 445 g/mol. The van der Waals surface area contributed by atoms with E-state index in [1.807, 2.05) is 17.7 Å². The first-order chi connectivity index (χ1) is 14.1. The third kappa shape index (κ3) is 4.76. The SMILES string of the molecule is OC(c1ccc(SNC2NC=CS2)cc1F)c1ccc(Cl)cc1-c1cccnc1. The lowest BCUT2D eigenvalue weighted by atomic mass is 9.93. The first-order valence-electron chi connectivity index (χ1n) is 8.78. The van der Waals surface area contributed by atoms with Crippen molar-refractivity contribution in [3.05, 3.63) is 94.5 Å². The Hall–Kier alpha value is -2.03. The molecule has 0 radical (unpaired) electrons. The number of halogens is 2. The van der Waals surface area contributed by atoms with Crippen LogP contribution in [0.2, 0.25) is 5.02 Å². The van der Waals surface area contributed by atoms with E-state index >= 15 is 0 Å². The molecule has 2 heterocycles. The van der Waals surface area contributed by atoms with Gasteiger partial charge in [-0.05, 0) is 58.8 Å². The molecule has 0 amide bonds. The Bertz CT molecular complexity index is 1030. The third-order valence-corrected chi connectivity index (χ3v) is 6.41. The summed E-state index contributed by atoms with van der Waals surface area (Å²) in [6, 6.07) is 13.7. The second-order valence-electron chi connectivity index (χ2n) is 6.26. The molecule has 1 aliphatic rings. The summed E-state index contributed by atoms with van der Waals surface area (Å²) >= 11 is 9.09. The Morgan fingerprint density at radius 1 is 1.21 bits per heavy atom. The zero-order chi connectivity index (χ0) is 20.2. The van der Waals surface area contributed by atoms with Crippen LogP contribution in [0.25, 0.3) is 11.1 Å². The predicted octanol–water partition coefficient (Wildman–Crippen LogP) is 5.31. The molecule has 1 aliphatic heterocycles. The summed E-state index contributed by atoms with van der Waals surface area (Å²) < 4.78 is 18.0. The minimum Gasteiger partial charge on any atom is -0.384 e. The molecule has 3 N–H and O–H groups in total. The van der Waals surface area contributed by atoms with Gasteiger partial charge in [-0.25, -0.2) is 9.11 Å². The summed E-state index contributed by atoms with van der Waals surface area (Å²) in [6.07, 6.45) is 4.08. The smallest absolute Gasteiger partial charge is 0.138 e. The minimum absolute atomic E-state index is 0.0458. The van der Waals surface area contributed by atoms with Gasteiger partial charge in [0.15, 0.2) is 0 Å². The summed E-state index contributed by atoms with van der Waals surface area (Å²) in [6.45, 7) is 0. The predicted molar refractivity (Wildman–Crippen MR) is 118 cm³/mol. The van der Waals surface area contributed by atoms with Crippen molar-refractivity contribution in [1.82, 2.24) is 15.0 Å². The van der Waals surface area contributed by atoms with Gasteiger partial charge in [0.25, 0.3) is 0 Å². The topological polar surface area (TPSA) is 57.2 Å². The van der Waals surface area contributed by atoms with Gasteiger partial charge >= 0.3 is 0 Å². The Morgan fingerprint density at radius 2 is 2.07 bits per heavy atom. The van der Waals surface area contributed by atoms with E-state index in [0.29, 0.717) is 10.6 Å². The Morgan fingerprint density at radius 3 is 2.79 bits per heavy atom. The third-order valence-electron chi connectivity index (χ3n) is 4.36. The maximum absolute atomic E-state index is 14.8. The van der Waals surface area contributed by atoms with Crippen molar-refractivity contribution in [2.24, 2.45) is 0 Å². The molecule has 0 saturated carbocycles. The zero-order valence-corrected chi connectivity index (χ0v) is 17.4. The molecule has 2 unspecified atom stereocenters. The van der Waals surface area contributed by atoms with E-state index in [-0.39, 0.29) is 11.1 Å². The summed E-state index contributed by atoms with van der Waals surface area (Å²) in [7, 11) is 0. The van der Waals surface area contributed by atoms with Crippen LogP contribution in [0.15, 0.2) is 77.4 Å². The van der Waals surface area contributed by atoms with Crippen molar-refractivity contribution >= 4 is 35.3 Å². The fourth-order valence-electron chi connectivity index (χ4n) is 2.97. The Labute approximate surface area is 181 Å². The summed E-state index contributed by atoms with van der Waals surface area (Å²) in [5.41, 5.74) is 2.34. The maximum Gasteiger partial charge on any atom is 0.138 e. The average molecular weight is 446 g/mol. The van der Waals surface area contributed by atoms with E-state index in [1.54, 1.807) is 60.6 Å². The molecule has 148 valence electrons. The fraction of sp³-hybridized carbons (Fsp3) is 0.0952. The summed E-state index contributed by atoms with van der Waals surface area (Å²) in [5.74, 6) is -0.471. The maximum atomic E-state index is 14.8. The van der Waals surface area contributed by atoms with Crippen LogP contribution in [0, 0.1) is 5.82 Å². The Kier molecular flexibility index (Phi) is 6.42.